The number of rotatable bonds is 6. The van der Waals surface area contributed by atoms with Crippen LogP contribution >= 0.6 is 0 Å². The Kier molecular flexibility index (Phi) is 5.86. The molecule has 1 heterocycles. The summed E-state index contributed by atoms with van der Waals surface area (Å²) < 4.78 is 5.24. The zero-order valence-electron chi connectivity index (χ0n) is 9.54. The van der Waals surface area contributed by atoms with Crippen molar-refractivity contribution in [3.05, 3.63) is 12.2 Å². The van der Waals surface area contributed by atoms with E-state index in [-0.39, 0.29) is 6.10 Å². The van der Waals surface area contributed by atoms with E-state index in [4.69, 9.17) is 4.74 Å². The van der Waals surface area contributed by atoms with Gasteiger partial charge in [0.15, 0.2) is 0 Å². The van der Waals surface area contributed by atoms with E-state index in [0.717, 1.165) is 45.0 Å². The molecule has 0 aromatic carbocycles. The fraction of sp³-hybridized carbons (Fsp3) is 0.818. The monoisotopic (exact) mass is 214 g/mol. The van der Waals surface area contributed by atoms with Crippen LogP contribution in [-0.2, 0) is 4.74 Å². The number of hydrogen-bond acceptors (Lipinski definition) is 4. The van der Waals surface area contributed by atoms with Crippen molar-refractivity contribution in [2.24, 2.45) is 0 Å². The summed E-state index contributed by atoms with van der Waals surface area (Å²) >= 11 is 0. The van der Waals surface area contributed by atoms with Crippen LogP contribution in [0.2, 0.25) is 0 Å². The van der Waals surface area contributed by atoms with Gasteiger partial charge in [-0.3, -0.25) is 4.90 Å². The van der Waals surface area contributed by atoms with Gasteiger partial charge in [-0.05, 0) is 6.92 Å². The Labute approximate surface area is 91.9 Å². The first-order chi connectivity index (χ1) is 7.18. The molecule has 1 unspecified atom stereocenters. The predicted molar refractivity (Wildman–Crippen MR) is 60.9 cm³/mol. The Balaban J connectivity index is 2.06. The van der Waals surface area contributed by atoms with Crippen LogP contribution in [0.5, 0.6) is 0 Å². The molecule has 1 atom stereocenters. The van der Waals surface area contributed by atoms with Gasteiger partial charge in [0.25, 0.3) is 0 Å². The summed E-state index contributed by atoms with van der Waals surface area (Å²) in [4.78, 5) is 2.23. The van der Waals surface area contributed by atoms with E-state index >= 15 is 0 Å². The number of ether oxygens (including phenoxy) is 1. The Hall–Kier alpha value is -0.420. The van der Waals surface area contributed by atoms with Gasteiger partial charge < -0.3 is 15.2 Å². The molecule has 0 bridgehead atoms. The van der Waals surface area contributed by atoms with E-state index in [2.05, 4.69) is 16.8 Å². The molecule has 1 fully saturated rings. The number of morpholine rings is 1. The third-order valence-corrected chi connectivity index (χ3v) is 2.38. The Morgan fingerprint density at radius 2 is 2.20 bits per heavy atom. The van der Waals surface area contributed by atoms with Crippen molar-refractivity contribution in [3.8, 4) is 0 Å². The van der Waals surface area contributed by atoms with Crippen molar-refractivity contribution < 1.29 is 9.84 Å². The fourth-order valence-corrected chi connectivity index (χ4v) is 1.60. The van der Waals surface area contributed by atoms with Crippen molar-refractivity contribution in [1.82, 2.24) is 10.2 Å². The van der Waals surface area contributed by atoms with Crippen LogP contribution in [0.3, 0.4) is 0 Å². The summed E-state index contributed by atoms with van der Waals surface area (Å²) in [6.07, 6.45) is -0.303. The quantitative estimate of drug-likeness (QED) is 0.603. The first-order valence-electron chi connectivity index (χ1n) is 5.51. The highest BCUT2D eigenvalue weighted by atomic mass is 16.5. The Bertz CT molecular complexity index is 191. The molecule has 4 nitrogen and oxygen atoms in total. The molecule has 2 N–H and O–H groups in total. The van der Waals surface area contributed by atoms with Gasteiger partial charge in [0, 0.05) is 32.7 Å². The summed E-state index contributed by atoms with van der Waals surface area (Å²) in [5.41, 5.74) is 1.09. The minimum atomic E-state index is -0.303. The van der Waals surface area contributed by atoms with Gasteiger partial charge in [0.1, 0.15) is 0 Å². The van der Waals surface area contributed by atoms with Gasteiger partial charge in [-0.1, -0.05) is 12.2 Å². The maximum Gasteiger partial charge on any atom is 0.0791 e. The van der Waals surface area contributed by atoms with Gasteiger partial charge >= 0.3 is 0 Å². The molecule has 0 radical (unpaired) electrons. The van der Waals surface area contributed by atoms with Crippen LogP contribution in [0.15, 0.2) is 12.2 Å². The van der Waals surface area contributed by atoms with E-state index < -0.39 is 0 Å². The largest absolute Gasteiger partial charge is 0.390 e. The molecule has 4 heteroatoms. The zero-order chi connectivity index (χ0) is 11.1. The maximum absolute atomic E-state index is 9.74. The lowest BCUT2D eigenvalue weighted by molar-refractivity contribution is 0.0151. The van der Waals surface area contributed by atoms with Crippen molar-refractivity contribution in [2.45, 2.75) is 13.0 Å². The topological polar surface area (TPSA) is 44.7 Å². The van der Waals surface area contributed by atoms with E-state index in [1.54, 1.807) is 0 Å². The molecule has 0 aliphatic carbocycles. The van der Waals surface area contributed by atoms with Crippen molar-refractivity contribution in [1.29, 1.82) is 0 Å². The first kappa shape index (κ1) is 12.6. The van der Waals surface area contributed by atoms with E-state index in [9.17, 15) is 5.11 Å². The second-order valence-corrected chi connectivity index (χ2v) is 4.15. The van der Waals surface area contributed by atoms with Crippen molar-refractivity contribution in [3.63, 3.8) is 0 Å². The lowest BCUT2D eigenvalue weighted by Crippen LogP contribution is -2.43. The molecule has 88 valence electrons. The van der Waals surface area contributed by atoms with Crippen molar-refractivity contribution in [2.75, 3.05) is 45.9 Å². The van der Waals surface area contributed by atoms with Crippen LogP contribution in [0.1, 0.15) is 6.92 Å². The molecular formula is C11H22N2O2. The summed E-state index contributed by atoms with van der Waals surface area (Å²) in [6, 6.07) is 0. The molecule has 0 amide bonds. The summed E-state index contributed by atoms with van der Waals surface area (Å²) in [5.74, 6) is 0. The normalized spacial score (nSPS) is 20.1. The highest BCUT2D eigenvalue weighted by molar-refractivity contribution is 4.90. The van der Waals surface area contributed by atoms with Crippen LogP contribution in [-0.4, -0.2) is 62.0 Å². The van der Waals surface area contributed by atoms with Crippen LogP contribution in [0, 0.1) is 0 Å². The molecule has 0 aromatic rings. The Morgan fingerprint density at radius 1 is 1.53 bits per heavy atom. The van der Waals surface area contributed by atoms with E-state index in [1.165, 1.54) is 0 Å². The number of aliphatic hydroxyl groups excluding tert-OH is 1. The predicted octanol–water partition coefficient (Wildman–Crippen LogP) is -0.155. The molecule has 0 saturated carbocycles. The van der Waals surface area contributed by atoms with Crippen LogP contribution in [0.4, 0.5) is 0 Å². The summed E-state index contributed by atoms with van der Waals surface area (Å²) in [6.45, 7) is 11.3. The van der Waals surface area contributed by atoms with Gasteiger partial charge in [0.05, 0.1) is 19.3 Å². The third kappa shape index (κ3) is 5.89. The van der Waals surface area contributed by atoms with Crippen molar-refractivity contribution >= 4 is 0 Å². The van der Waals surface area contributed by atoms with E-state index in [1.807, 2.05) is 6.92 Å². The number of β-amino-alcohol motifs (C(OH)–C–C–N with tert-alkyl or cyclic N) is 1. The molecule has 0 spiro atoms. The molecule has 1 aliphatic rings. The average Bonchev–Trinajstić information content (AvgIpc) is 2.18. The number of aliphatic hydroxyl groups is 1. The fourth-order valence-electron chi connectivity index (χ4n) is 1.60. The molecule has 15 heavy (non-hydrogen) atoms. The lowest BCUT2D eigenvalue weighted by Gasteiger charge is -2.28. The summed E-state index contributed by atoms with van der Waals surface area (Å²) in [5, 5.41) is 12.9. The summed E-state index contributed by atoms with van der Waals surface area (Å²) in [7, 11) is 0. The van der Waals surface area contributed by atoms with Gasteiger partial charge in [-0.2, -0.15) is 0 Å². The zero-order valence-corrected chi connectivity index (χ0v) is 9.54. The van der Waals surface area contributed by atoms with Gasteiger partial charge in [-0.15, -0.1) is 0 Å². The molecule has 1 rings (SSSR count). The minimum absolute atomic E-state index is 0.303. The Morgan fingerprint density at radius 3 is 2.80 bits per heavy atom. The average molecular weight is 214 g/mol. The van der Waals surface area contributed by atoms with Crippen LogP contribution in [0.25, 0.3) is 0 Å². The number of nitrogens with one attached hydrogen (secondary N) is 1. The standard InChI is InChI=1S/C11H22N2O2/c1-10(2)7-12-8-11(14)9-13-3-5-15-6-4-13/h11-12,14H,1,3-9H2,2H3. The molecule has 1 aliphatic heterocycles. The number of hydrogen-bond donors (Lipinski definition) is 2. The first-order valence-corrected chi connectivity index (χ1v) is 5.51. The van der Waals surface area contributed by atoms with E-state index in [0.29, 0.717) is 6.54 Å². The minimum Gasteiger partial charge on any atom is -0.390 e. The van der Waals surface area contributed by atoms with Gasteiger partial charge in [0.2, 0.25) is 0 Å². The highest BCUT2D eigenvalue weighted by Gasteiger charge is 2.14. The lowest BCUT2D eigenvalue weighted by atomic mass is 10.3. The molecular weight excluding hydrogens is 192 g/mol. The molecule has 1 saturated heterocycles. The molecule has 0 aromatic heterocycles. The second-order valence-electron chi connectivity index (χ2n) is 4.15. The van der Waals surface area contributed by atoms with Crippen LogP contribution < -0.4 is 5.32 Å². The SMILES string of the molecule is C=C(C)CNCC(O)CN1CCOCC1. The smallest absolute Gasteiger partial charge is 0.0791 e. The highest BCUT2D eigenvalue weighted by Crippen LogP contribution is 1.98. The second kappa shape index (κ2) is 6.95. The van der Waals surface area contributed by atoms with Gasteiger partial charge in [-0.25, -0.2) is 0 Å². The number of nitrogens with zero attached hydrogens (tertiary/aromatic N) is 1. The third-order valence-electron chi connectivity index (χ3n) is 2.38. The maximum atomic E-state index is 9.74.